The van der Waals surface area contributed by atoms with Crippen LogP contribution >= 0.6 is 0 Å². The molecule has 1 heterocycles. The van der Waals surface area contributed by atoms with Crippen molar-refractivity contribution in [2.45, 2.75) is 13.8 Å². The number of amides is 1. The Bertz CT molecular complexity index is 1040. The summed E-state index contributed by atoms with van der Waals surface area (Å²) in [6, 6.07) is 14.8. The van der Waals surface area contributed by atoms with Crippen LogP contribution in [0.2, 0.25) is 0 Å². The fourth-order valence-electron chi connectivity index (χ4n) is 2.49. The Morgan fingerprint density at radius 1 is 1.19 bits per heavy atom. The number of aromatic amines is 1. The van der Waals surface area contributed by atoms with E-state index in [-0.39, 0.29) is 12.2 Å². The van der Waals surface area contributed by atoms with Gasteiger partial charge < -0.3 is 9.72 Å². The first kappa shape index (κ1) is 17.4. The predicted octanol–water partition coefficient (Wildman–Crippen LogP) is 2.67. The minimum Gasteiger partial charge on any atom is -0.483 e. The molecular formula is C20H19N3O3. The Balaban J connectivity index is 1.61. The summed E-state index contributed by atoms with van der Waals surface area (Å²) in [5, 5.41) is 4.72. The summed E-state index contributed by atoms with van der Waals surface area (Å²) in [6.45, 7) is 3.76. The van der Waals surface area contributed by atoms with Crippen LogP contribution in [0.15, 0.2) is 58.4 Å². The molecule has 6 nitrogen and oxygen atoms in total. The number of H-pyrrole nitrogens is 1. The van der Waals surface area contributed by atoms with Crippen LogP contribution < -0.4 is 15.7 Å². The normalized spacial score (nSPS) is 11.0. The number of nitrogens with zero attached hydrogens (tertiary/aromatic N) is 1. The number of aryl methyl sites for hydroxylation is 1. The van der Waals surface area contributed by atoms with E-state index < -0.39 is 5.91 Å². The van der Waals surface area contributed by atoms with Crippen LogP contribution in [0.5, 0.6) is 5.75 Å². The first-order valence-electron chi connectivity index (χ1n) is 8.17. The quantitative estimate of drug-likeness (QED) is 0.549. The van der Waals surface area contributed by atoms with E-state index in [1.54, 1.807) is 6.07 Å². The SMILES string of the molecule is Cc1cccc(OCC(=O)NN=Cc2cc3ccccc3[nH]c2=O)c1C. The van der Waals surface area contributed by atoms with Gasteiger partial charge in [0.1, 0.15) is 5.75 Å². The third-order valence-electron chi connectivity index (χ3n) is 4.09. The Labute approximate surface area is 150 Å². The molecule has 0 bridgehead atoms. The number of carbonyl (C=O) groups excluding carboxylic acids is 1. The second kappa shape index (κ2) is 7.65. The molecule has 0 radical (unpaired) electrons. The number of nitrogens with one attached hydrogen (secondary N) is 2. The Hall–Kier alpha value is -3.41. The lowest BCUT2D eigenvalue weighted by molar-refractivity contribution is -0.123. The van der Waals surface area contributed by atoms with Crippen LogP contribution in [-0.2, 0) is 4.79 Å². The van der Waals surface area contributed by atoms with Crippen molar-refractivity contribution < 1.29 is 9.53 Å². The molecule has 2 N–H and O–H groups in total. The van der Waals surface area contributed by atoms with Crippen LogP contribution in [-0.4, -0.2) is 23.7 Å². The van der Waals surface area contributed by atoms with Gasteiger partial charge in [0.15, 0.2) is 6.61 Å². The molecule has 0 fully saturated rings. The number of hydrazone groups is 1. The highest BCUT2D eigenvalue weighted by Crippen LogP contribution is 2.20. The predicted molar refractivity (Wildman–Crippen MR) is 102 cm³/mol. The molecule has 3 rings (SSSR count). The maximum absolute atomic E-state index is 12.0. The molecule has 2 aromatic carbocycles. The highest BCUT2D eigenvalue weighted by molar-refractivity contribution is 5.88. The van der Waals surface area contributed by atoms with Gasteiger partial charge in [0.25, 0.3) is 11.5 Å². The van der Waals surface area contributed by atoms with E-state index in [2.05, 4.69) is 15.5 Å². The number of hydrogen-bond acceptors (Lipinski definition) is 4. The maximum Gasteiger partial charge on any atom is 0.277 e. The maximum atomic E-state index is 12.0. The van der Waals surface area contributed by atoms with E-state index in [1.807, 2.05) is 56.3 Å². The second-order valence-electron chi connectivity index (χ2n) is 5.92. The molecule has 1 aromatic heterocycles. The number of rotatable bonds is 5. The number of fused-ring (bicyclic) bond motifs is 1. The first-order valence-corrected chi connectivity index (χ1v) is 8.17. The third kappa shape index (κ3) is 3.97. The van der Waals surface area contributed by atoms with Crippen LogP contribution in [0, 0.1) is 13.8 Å². The summed E-state index contributed by atoms with van der Waals surface area (Å²) in [4.78, 5) is 26.6. The van der Waals surface area contributed by atoms with E-state index in [4.69, 9.17) is 4.74 Å². The molecule has 0 aliphatic heterocycles. The molecule has 0 spiro atoms. The van der Waals surface area contributed by atoms with Crippen molar-refractivity contribution in [2.75, 3.05) is 6.61 Å². The molecule has 0 unspecified atom stereocenters. The average molecular weight is 349 g/mol. The van der Waals surface area contributed by atoms with Gasteiger partial charge in [-0.25, -0.2) is 5.43 Å². The standard InChI is InChI=1S/C20H19N3O3/c1-13-6-5-9-18(14(13)2)26-12-19(24)23-21-11-16-10-15-7-3-4-8-17(15)22-20(16)25/h3-11H,12H2,1-2H3,(H,22,25)(H,23,24). The summed E-state index contributed by atoms with van der Waals surface area (Å²) in [6.07, 6.45) is 1.32. The molecule has 3 aromatic rings. The lowest BCUT2D eigenvalue weighted by atomic mass is 10.1. The smallest absolute Gasteiger partial charge is 0.277 e. The Morgan fingerprint density at radius 3 is 2.85 bits per heavy atom. The summed E-state index contributed by atoms with van der Waals surface area (Å²) in [7, 11) is 0. The number of para-hydroxylation sites is 1. The van der Waals surface area contributed by atoms with Gasteiger partial charge in [0, 0.05) is 5.52 Å². The zero-order valence-electron chi connectivity index (χ0n) is 14.6. The van der Waals surface area contributed by atoms with Crippen LogP contribution in [0.4, 0.5) is 0 Å². The van der Waals surface area contributed by atoms with Gasteiger partial charge in [-0.3, -0.25) is 9.59 Å². The molecule has 26 heavy (non-hydrogen) atoms. The fourth-order valence-corrected chi connectivity index (χ4v) is 2.49. The molecule has 0 saturated carbocycles. The average Bonchev–Trinajstić information content (AvgIpc) is 2.63. The van der Waals surface area contributed by atoms with Gasteiger partial charge in [-0.1, -0.05) is 30.3 Å². The van der Waals surface area contributed by atoms with Crippen molar-refractivity contribution in [2.24, 2.45) is 5.10 Å². The summed E-state index contributed by atoms with van der Waals surface area (Å²) in [5.41, 5.74) is 5.29. The van der Waals surface area contributed by atoms with E-state index >= 15 is 0 Å². The number of carbonyl (C=O) groups is 1. The van der Waals surface area contributed by atoms with Crippen molar-refractivity contribution in [1.29, 1.82) is 0 Å². The Kier molecular flexibility index (Phi) is 5.12. The van der Waals surface area contributed by atoms with E-state index in [9.17, 15) is 9.59 Å². The second-order valence-corrected chi connectivity index (χ2v) is 5.92. The van der Waals surface area contributed by atoms with Gasteiger partial charge in [-0.05, 0) is 48.6 Å². The van der Waals surface area contributed by atoms with Crippen molar-refractivity contribution in [3.05, 3.63) is 75.6 Å². The van der Waals surface area contributed by atoms with E-state index in [1.165, 1.54) is 6.21 Å². The molecule has 0 aliphatic rings. The van der Waals surface area contributed by atoms with Crippen LogP contribution in [0.1, 0.15) is 16.7 Å². The molecule has 0 saturated heterocycles. The number of hydrogen-bond donors (Lipinski definition) is 2. The molecule has 0 aliphatic carbocycles. The number of pyridine rings is 1. The molecule has 132 valence electrons. The highest BCUT2D eigenvalue weighted by Gasteiger charge is 2.05. The van der Waals surface area contributed by atoms with E-state index in [0.717, 1.165) is 22.0 Å². The minimum absolute atomic E-state index is 0.157. The zero-order chi connectivity index (χ0) is 18.5. The van der Waals surface area contributed by atoms with Gasteiger partial charge in [0.2, 0.25) is 0 Å². The molecular weight excluding hydrogens is 330 g/mol. The molecule has 0 atom stereocenters. The summed E-state index contributed by atoms with van der Waals surface area (Å²) < 4.78 is 5.51. The van der Waals surface area contributed by atoms with Crippen LogP contribution in [0.3, 0.4) is 0 Å². The monoisotopic (exact) mass is 349 g/mol. The molecule has 6 heteroatoms. The number of ether oxygens (including phenoxy) is 1. The Morgan fingerprint density at radius 2 is 2.00 bits per heavy atom. The van der Waals surface area contributed by atoms with Gasteiger partial charge >= 0.3 is 0 Å². The molecule has 1 amide bonds. The van der Waals surface area contributed by atoms with E-state index in [0.29, 0.717) is 11.3 Å². The van der Waals surface area contributed by atoms with Gasteiger partial charge in [-0.15, -0.1) is 0 Å². The first-order chi connectivity index (χ1) is 12.5. The van der Waals surface area contributed by atoms with Crippen molar-refractivity contribution in [3.63, 3.8) is 0 Å². The summed E-state index contributed by atoms with van der Waals surface area (Å²) in [5.74, 6) is 0.259. The largest absolute Gasteiger partial charge is 0.483 e. The topological polar surface area (TPSA) is 83.5 Å². The lowest BCUT2D eigenvalue weighted by Crippen LogP contribution is -2.25. The highest BCUT2D eigenvalue weighted by atomic mass is 16.5. The van der Waals surface area contributed by atoms with Gasteiger partial charge in [0.05, 0.1) is 11.8 Å². The number of aromatic nitrogens is 1. The third-order valence-corrected chi connectivity index (χ3v) is 4.09. The zero-order valence-corrected chi connectivity index (χ0v) is 14.6. The van der Waals surface area contributed by atoms with Crippen LogP contribution in [0.25, 0.3) is 10.9 Å². The van der Waals surface area contributed by atoms with Crippen molar-refractivity contribution in [1.82, 2.24) is 10.4 Å². The fraction of sp³-hybridized carbons (Fsp3) is 0.150. The van der Waals surface area contributed by atoms with Gasteiger partial charge in [-0.2, -0.15) is 5.10 Å². The lowest BCUT2D eigenvalue weighted by Gasteiger charge is -2.09. The van der Waals surface area contributed by atoms with Crippen molar-refractivity contribution >= 4 is 23.0 Å². The minimum atomic E-state index is -0.403. The summed E-state index contributed by atoms with van der Waals surface area (Å²) >= 11 is 0. The van der Waals surface area contributed by atoms with Crippen molar-refractivity contribution in [3.8, 4) is 5.75 Å². The number of benzene rings is 2.